The molecule has 0 bridgehead atoms. The van der Waals surface area contributed by atoms with Gasteiger partial charge in [-0.05, 0) is 31.4 Å². The molecule has 0 radical (unpaired) electrons. The lowest BCUT2D eigenvalue weighted by Crippen LogP contribution is -2.39. The van der Waals surface area contributed by atoms with Crippen LogP contribution in [0.15, 0.2) is 33.8 Å². The number of nitrogens with one attached hydrogen (secondary N) is 2. The normalized spacial score (nSPS) is 11.8. The molecule has 0 spiro atoms. The molecule has 2 rings (SSSR count). The number of rotatable bonds is 8. The van der Waals surface area contributed by atoms with Crippen molar-refractivity contribution >= 4 is 29.9 Å². The second-order valence-electron chi connectivity index (χ2n) is 7.04. The van der Waals surface area contributed by atoms with E-state index in [9.17, 15) is 0 Å². The molecule has 1 heterocycles. The summed E-state index contributed by atoms with van der Waals surface area (Å²) >= 11 is 0. The first kappa shape index (κ1) is 23.4. The number of halogens is 1. The van der Waals surface area contributed by atoms with Gasteiger partial charge in [-0.15, -0.1) is 24.0 Å². The molecule has 0 atom stereocenters. The van der Waals surface area contributed by atoms with Gasteiger partial charge in [0.2, 0.25) is 5.89 Å². The van der Waals surface area contributed by atoms with Gasteiger partial charge in [-0.1, -0.05) is 50.2 Å². The van der Waals surface area contributed by atoms with Crippen molar-refractivity contribution in [1.82, 2.24) is 20.8 Å². The predicted octanol–water partition coefficient (Wildman–Crippen LogP) is 3.63. The lowest BCUT2D eigenvalue weighted by molar-refractivity contribution is 0.374. The maximum atomic E-state index is 5.14. The maximum Gasteiger partial charge on any atom is 0.228 e. The van der Waals surface area contributed by atoms with E-state index in [1.54, 1.807) is 0 Å². The van der Waals surface area contributed by atoms with Gasteiger partial charge in [-0.3, -0.25) is 4.99 Å². The summed E-state index contributed by atoms with van der Waals surface area (Å²) in [6.07, 6.45) is 1.74. The minimum Gasteiger partial charge on any atom is -0.357 e. The molecule has 0 aliphatic rings. The van der Waals surface area contributed by atoms with E-state index in [1.807, 2.05) is 6.92 Å². The zero-order chi connectivity index (χ0) is 19.0. The lowest BCUT2D eigenvalue weighted by atomic mass is 9.84. The molecular formula is C20H32IN5O. The molecule has 2 N–H and O–H groups in total. The van der Waals surface area contributed by atoms with Crippen molar-refractivity contribution in [2.45, 2.75) is 52.9 Å². The average molecular weight is 485 g/mol. The quantitative estimate of drug-likeness (QED) is 0.339. The van der Waals surface area contributed by atoms with E-state index >= 15 is 0 Å². The van der Waals surface area contributed by atoms with Gasteiger partial charge in [-0.25, -0.2) is 0 Å². The van der Waals surface area contributed by atoms with Crippen LogP contribution >= 0.6 is 24.0 Å². The number of guanidine groups is 1. The third kappa shape index (κ3) is 7.48. The van der Waals surface area contributed by atoms with E-state index in [0.717, 1.165) is 18.9 Å². The Balaban J connectivity index is 0.00000364. The minimum absolute atomic E-state index is 0. The summed E-state index contributed by atoms with van der Waals surface area (Å²) in [7, 11) is 0. The Bertz CT molecular complexity index is 709. The molecule has 150 valence electrons. The van der Waals surface area contributed by atoms with Crippen molar-refractivity contribution in [3.63, 3.8) is 0 Å². The number of aryl methyl sites for hydroxylation is 2. The van der Waals surface area contributed by atoms with Gasteiger partial charge in [0, 0.05) is 24.9 Å². The Labute approximate surface area is 179 Å². The summed E-state index contributed by atoms with van der Waals surface area (Å²) < 4.78 is 5.14. The maximum absolute atomic E-state index is 5.14. The first-order valence-corrected chi connectivity index (χ1v) is 9.35. The highest BCUT2D eigenvalue weighted by atomic mass is 127. The SMILES string of the molecule is CCNC(=NCC(C)(C)c1ccc(CC)cc1)NCCc1nc(C)no1.I. The van der Waals surface area contributed by atoms with E-state index in [0.29, 0.717) is 31.2 Å². The molecule has 2 aromatic rings. The Morgan fingerprint density at radius 1 is 1.15 bits per heavy atom. The molecule has 1 aromatic heterocycles. The van der Waals surface area contributed by atoms with Crippen LogP contribution in [-0.4, -0.2) is 35.7 Å². The van der Waals surface area contributed by atoms with E-state index in [2.05, 4.69) is 72.7 Å². The molecule has 0 aliphatic heterocycles. The largest absolute Gasteiger partial charge is 0.357 e. The summed E-state index contributed by atoms with van der Waals surface area (Å²) in [6, 6.07) is 8.84. The van der Waals surface area contributed by atoms with Crippen LogP contribution in [0.3, 0.4) is 0 Å². The van der Waals surface area contributed by atoms with Crippen LogP contribution in [0.4, 0.5) is 0 Å². The first-order valence-electron chi connectivity index (χ1n) is 9.35. The van der Waals surface area contributed by atoms with Crippen LogP contribution in [0.2, 0.25) is 0 Å². The topological polar surface area (TPSA) is 75.3 Å². The lowest BCUT2D eigenvalue weighted by Gasteiger charge is -2.24. The monoisotopic (exact) mass is 485 g/mol. The van der Waals surface area contributed by atoms with Gasteiger partial charge in [0.25, 0.3) is 0 Å². The minimum atomic E-state index is -0.0295. The summed E-state index contributed by atoms with van der Waals surface area (Å²) in [6.45, 7) is 12.7. The molecule has 27 heavy (non-hydrogen) atoms. The van der Waals surface area contributed by atoms with Crippen LogP contribution in [0, 0.1) is 6.92 Å². The van der Waals surface area contributed by atoms with Crippen molar-refractivity contribution < 1.29 is 4.52 Å². The molecule has 0 amide bonds. The Hall–Kier alpha value is -1.64. The first-order chi connectivity index (χ1) is 12.4. The summed E-state index contributed by atoms with van der Waals surface area (Å²) in [4.78, 5) is 8.98. The van der Waals surface area contributed by atoms with Gasteiger partial charge in [-0.2, -0.15) is 4.98 Å². The van der Waals surface area contributed by atoms with Gasteiger partial charge in [0.05, 0.1) is 6.54 Å². The van der Waals surface area contributed by atoms with Crippen molar-refractivity contribution in [3.8, 4) is 0 Å². The zero-order valence-electron chi connectivity index (χ0n) is 17.0. The molecule has 0 fully saturated rings. The molecule has 6 nitrogen and oxygen atoms in total. The van der Waals surface area contributed by atoms with Gasteiger partial charge in [0.15, 0.2) is 11.8 Å². The zero-order valence-corrected chi connectivity index (χ0v) is 19.3. The fraction of sp³-hybridized carbons (Fsp3) is 0.550. The van der Waals surface area contributed by atoms with Crippen LogP contribution < -0.4 is 10.6 Å². The Kier molecular flexibility index (Phi) is 9.76. The van der Waals surface area contributed by atoms with Gasteiger partial charge < -0.3 is 15.2 Å². The third-order valence-electron chi connectivity index (χ3n) is 4.32. The van der Waals surface area contributed by atoms with E-state index in [1.165, 1.54) is 11.1 Å². The molecular weight excluding hydrogens is 453 g/mol. The van der Waals surface area contributed by atoms with Gasteiger partial charge in [0.1, 0.15) is 0 Å². The summed E-state index contributed by atoms with van der Waals surface area (Å²) in [5, 5.41) is 10.4. The average Bonchev–Trinajstić information content (AvgIpc) is 3.05. The standard InChI is InChI=1S/C20H31N5O.HI/c1-6-16-8-10-17(11-9-16)20(4,5)14-23-19(21-7-2)22-13-12-18-24-15(3)25-26-18;/h8-11H,6-7,12-14H2,1-5H3,(H2,21,22,23);1H. The Morgan fingerprint density at radius 3 is 2.41 bits per heavy atom. The number of aromatic nitrogens is 2. The van der Waals surface area contributed by atoms with Crippen molar-refractivity contribution in [3.05, 3.63) is 47.1 Å². The second-order valence-corrected chi connectivity index (χ2v) is 7.04. The van der Waals surface area contributed by atoms with Crippen LogP contribution in [0.1, 0.15) is 50.5 Å². The van der Waals surface area contributed by atoms with Crippen LogP contribution in [0.5, 0.6) is 0 Å². The molecule has 0 unspecified atom stereocenters. The smallest absolute Gasteiger partial charge is 0.228 e. The van der Waals surface area contributed by atoms with Crippen molar-refractivity contribution in [2.24, 2.45) is 4.99 Å². The number of aliphatic imine (C=N–C) groups is 1. The highest BCUT2D eigenvalue weighted by Gasteiger charge is 2.20. The van der Waals surface area contributed by atoms with E-state index in [4.69, 9.17) is 9.52 Å². The summed E-state index contributed by atoms with van der Waals surface area (Å²) in [5.74, 6) is 2.11. The molecule has 1 aromatic carbocycles. The highest BCUT2D eigenvalue weighted by molar-refractivity contribution is 14.0. The van der Waals surface area contributed by atoms with Crippen LogP contribution in [-0.2, 0) is 18.3 Å². The number of nitrogens with zero attached hydrogens (tertiary/aromatic N) is 3. The molecule has 0 saturated carbocycles. The third-order valence-corrected chi connectivity index (χ3v) is 4.32. The molecule has 7 heteroatoms. The highest BCUT2D eigenvalue weighted by Crippen LogP contribution is 2.24. The number of benzene rings is 1. The van der Waals surface area contributed by atoms with E-state index < -0.39 is 0 Å². The van der Waals surface area contributed by atoms with Gasteiger partial charge >= 0.3 is 0 Å². The number of hydrogen-bond acceptors (Lipinski definition) is 4. The fourth-order valence-corrected chi connectivity index (χ4v) is 2.63. The van der Waals surface area contributed by atoms with Crippen molar-refractivity contribution in [1.29, 1.82) is 0 Å². The second kappa shape index (κ2) is 11.3. The number of hydrogen-bond donors (Lipinski definition) is 2. The fourth-order valence-electron chi connectivity index (χ4n) is 2.63. The van der Waals surface area contributed by atoms with E-state index in [-0.39, 0.29) is 29.4 Å². The van der Waals surface area contributed by atoms with Crippen LogP contribution in [0.25, 0.3) is 0 Å². The summed E-state index contributed by atoms with van der Waals surface area (Å²) in [5.41, 5.74) is 2.63. The predicted molar refractivity (Wildman–Crippen MR) is 121 cm³/mol. The molecule has 0 saturated heterocycles. The Morgan fingerprint density at radius 2 is 1.85 bits per heavy atom. The van der Waals surface area contributed by atoms with Crippen molar-refractivity contribution in [2.75, 3.05) is 19.6 Å². The molecule has 0 aliphatic carbocycles.